The van der Waals surface area contributed by atoms with Gasteiger partial charge in [-0.05, 0) is 56.8 Å². The summed E-state index contributed by atoms with van der Waals surface area (Å²) < 4.78 is 0.703. The summed E-state index contributed by atoms with van der Waals surface area (Å²) in [4.78, 5) is 17.3. The minimum absolute atomic E-state index is 0.0109. The van der Waals surface area contributed by atoms with Crippen LogP contribution >= 0.6 is 0 Å². The van der Waals surface area contributed by atoms with E-state index >= 15 is 0 Å². The lowest BCUT2D eigenvalue weighted by atomic mass is 9.79. The third-order valence-corrected chi connectivity index (χ3v) is 6.27. The van der Waals surface area contributed by atoms with Gasteiger partial charge in [-0.2, -0.15) is 4.73 Å². The Hall–Kier alpha value is -2.40. The summed E-state index contributed by atoms with van der Waals surface area (Å²) in [6.07, 6.45) is 8.56. The van der Waals surface area contributed by atoms with Crippen LogP contribution in [0.15, 0.2) is 54.9 Å². The van der Waals surface area contributed by atoms with Gasteiger partial charge in [-0.3, -0.25) is 4.79 Å². The minimum Gasteiger partial charge on any atom is -0.619 e. The summed E-state index contributed by atoms with van der Waals surface area (Å²) in [6, 6.07) is 14.1. The number of hydrogen-bond donors (Lipinski definition) is 0. The van der Waals surface area contributed by atoms with Crippen LogP contribution in [0.3, 0.4) is 0 Å². The van der Waals surface area contributed by atoms with E-state index < -0.39 is 0 Å². The number of likely N-dealkylation sites (tertiary alicyclic amines) is 2. The van der Waals surface area contributed by atoms with Crippen LogP contribution in [0.1, 0.15) is 41.6 Å². The summed E-state index contributed by atoms with van der Waals surface area (Å²) in [7, 11) is 0. The number of carbonyl (C=O) groups excluding carboxylic acids is 1. The third-order valence-electron chi connectivity index (χ3n) is 6.27. The van der Waals surface area contributed by atoms with Gasteiger partial charge in [0.05, 0.1) is 0 Å². The van der Waals surface area contributed by atoms with Gasteiger partial charge in [-0.25, -0.2) is 0 Å². The molecule has 0 radical (unpaired) electrons. The number of pyridine rings is 1. The predicted molar refractivity (Wildman–Crippen MR) is 109 cm³/mol. The van der Waals surface area contributed by atoms with Gasteiger partial charge in [0.2, 0.25) is 0 Å². The number of aryl methyl sites for hydroxylation is 1. The van der Waals surface area contributed by atoms with Crippen LogP contribution < -0.4 is 4.73 Å². The number of piperidine rings is 1. The molecule has 1 aromatic carbocycles. The van der Waals surface area contributed by atoms with Crippen LogP contribution in [0.4, 0.5) is 0 Å². The molecule has 2 aliphatic rings. The van der Waals surface area contributed by atoms with E-state index in [9.17, 15) is 10.0 Å². The Morgan fingerprint density at radius 2 is 1.93 bits per heavy atom. The molecule has 1 amide bonds. The molecule has 5 heteroatoms. The van der Waals surface area contributed by atoms with Gasteiger partial charge in [0.25, 0.3) is 5.91 Å². The molecular formula is C23H29N3O2. The van der Waals surface area contributed by atoms with E-state index in [1.54, 1.807) is 12.1 Å². The molecule has 5 nitrogen and oxygen atoms in total. The Morgan fingerprint density at radius 3 is 2.75 bits per heavy atom. The lowest BCUT2D eigenvalue weighted by Gasteiger charge is -2.40. The van der Waals surface area contributed by atoms with E-state index in [4.69, 9.17) is 0 Å². The lowest BCUT2D eigenvalue weighted by molar-refractivity contribution is -0.605. The molecule has 1 aromatic heterocycles. The van der Waals surface area contributed by atoms with Crippen molar-refractivity contribution < 1.29 is 9.52 Å². The molecule has 2 saturated heterocycles. The topological polar surface area (TPSA) is 50.5 Å². The van der Waals surface area contributed by atoms with Gasteiger partial charge >= 0.3 is 0 Å². The average molecular weight is 380 g/mol. The minimum atomic E-state index is -0.0109. The zero-order valence-corrected chi connectivity index (χ0v) is 16.4. The van der Waals surface area contributed by atoms with Crippen molar-refractivity contribution in [1.29, 1.82) is 0 Å². The second-order valence-corrected chi connectivity index (χ2v) is 8.40. The molecule has 1 spiro atoms. The van der Waals surface area contributed by atoms with Gasteiger partial charge in [-0.15, -0.1) is 0 Å². The molecule has 148 valence electrons. The highest BCUT2D eigenvalue weighted by Gasteiger charge is 2.42. The molecule has 28 heavy (non-hydrogen) atoms. The molecule has 2 aliphatic heterocycles. The molecule has 2 aromatic rings. The van der Waals surface area contributed by atoms with Gasteiger partial charge in [0.15, 0.2) is 12.4 Å². The quantitative estimate of drug-likeness (QED) is 0.593. The van der Waals surface area contributed by atoms with Crippen molar-refractivity contribution in [1.82, 2.24) is 9.80 Å². The monoisotopic (exact) mass is 379 g/mol. The van der Waals surface area contributed by atoms with Crippen LogP contribution in [0.25, 0.3) is 0 Å². The van der Waals surface area contributed by atoms with Crippen molar-refractivity contribution in [3.8, 4) is 0 Å². The molecule has 0 unspecified atom stereocenters. The van der Waals surface area contributed by atoms with Crippen molar-refractivity contribution in [3.05, 3.63) is 71.2 Å². The molecule has 0 saturated carbocycles. The van der Waals surface area contributed by atoms with Gasteiger partial charge in [0, 0.05) is 31.1 Å². The van der Waals surface area contributed by atoms with Crippen LogP contribution in [-0.2, 0) is 6.42 Å². The number of rotatable bonds is 5. The zero-order valence-electron chi connectivity index (χ0n) is 16.4. The largest absolute Gasteiger partial charge is 0.619 e. The average Bonchev–Trinajstić information content (AvgIpc) is 3.11. The van der Waals surface area contributed by atoms with Gasteiger partial charge in [-0.1, -0.05) is 30.3 Å². The van der Waals surface area contributed by atoms with Crippen molar-refractivity contribution in [2.75, 3.05) is 32.7 Å². The second kappa shape index (κ2) is 8.31. The maximum absolute atomic E-state index is 12.8. The van der Waals surface area contributed by atoms with Crippen LogP contribution in [0.5, 0.6) is 0 Å². The number of carbonyl (C=O) groups is 1. The van der Waals surface area contributed by atoms with Crippen molar-refractivity contribution >= 4 is 5.91 Å². The summed E-state index contributed by atoms with van der Waals surface area (Å²) in [5.41, 5.74) is 2.12. The molecule has 0 N–H and O–H groups in total. The maximum atomic E-state index is 12.8. The first-order valence-corrected chi connectivity index (χ1v) is 10.4. The highest BCUT2D eigenvalue weighted by molar-refractivity contribution is 5.93. The van der Waals surface area contributed by atoms with E-state index in [-0.39, 0.29) is 11.3 Å². The third kappa shape index (κ3) is 4.36. The molecule has 3 heterocycles. The van der Waals surface area contributed by atoms with Gasteiger partial charge in [0.1, 0.15) is 5.56 Å². The van der Waals surface area contributed by atoms with Crippen LogP contribution in [-0.4, -0.2) is 48.4 Å². The molecule has 0 aliphatic carbocycles. The van der Waals surface area contributed by atoms with Crippen LogP contribution in [0, 0.1) is 10.6 Å². The fourth-order valence-corrected chi connectivity index (χ4v) is 4.86. The molecule has 4 rings (SSSR count). The first-order valence-electron chi connectivity index (χ1n) is 10.4. The number of hydrogen-bond acceptors (Lipinski definition) is 3. The number of nitrogens with zero attached hydrogens (tertiary/aromatic N) is 3. The Balaban J connectivity index is 1.32. The van der Waals surface area contributed by atoms with E-state index in [2.05, 4.69) is 35.2 Å². The van der Waals surface area contributed by atoms with Crippen molar-refractivity contribution in [3.63, 3.8) is 0 Å². The first kappa shape index (κ1) is 18.9. The number of aromatic nitrogens is 1. The number of amides is 1. The summed E-state index contributed by atoms with van der Waals surface area (Å²) in [6.45, 7) is 4.99. The van der Waals surface area contributed by atoms with E-state index in [0.29, 0.717) is 10.3 Å². The Bertz CT molecular complexity index is 811. The van der Waals surface area contributed by atoms with E-state index in [0.717, 1.165) is 39.0 Å². The summed E-state index contributed by atoms with van der Waals surface area (Å²) in [5, 5.41) is 11.5. The predicted octanol–water partition coefficient (Wildman–Crippen LogP) is 2.88. The smallest absolute Gasteiger partial charge is 0.259 e. The second-order valence-electron chi connectivity index (χ2n) is 8.40. The fourth-order valence-electron chi connectivity index (χ4n) is 4.86. The highest BCUT2D eigenvalue weighted by Crippen LogP contribution is 2.39. The van der Waals surface area contributed by atoms with Crippen LogP contribution in [0.2, 0.25) is 0 Å². The molecular weight excluding hydrogens is 350 g/mol. The number of benzene rings is 1. The Labute approximate surface area is 167 Å². The summed E-state index contributed by atoms with van der Waals surface area (Å²) >= 11 is 0. The standard InChI is InChI=1S/C23H29N3O2/c27-22(21-10-5-15-26(28)17-21)25-16-12-23(19-25)11-6-14-24(18-23)13-4-9-20-7-2-1-3-8-20/h1-3,5,7-8,10,15,17H,4,6,9,11-14,16,18-19H2/t23-/m1/s1. The van der Waals surface area contributed by atoms with Crippen molar-refractivity contribution in [2.45, 2.75) is 32.1 Å². The SMILES string of the molecule is O=C(c1ccc[n+]([O-])c1)N1CC[C@@]2(CCCN(CCCc3ccccc3)C2)C1. The zero-order chi connectivity index (χ0) is 19.4. The van der Waals surface area contributed by atoms with Gasteiger partial charge < -0.3 is 15.0 Å². The fraction of sp³-hybridized carbons (Fsp3) is 0.478. The molecule has 1 atom stereocenters. The normalized spacial score (nSPS) is 22.6. The van der Waals surface area contributed by atoms with E-state index in [1.807, 2.05) is 4.90 Å². The van der Waals surface area contributed by atoms with Crippen molar-refractivity contribution in [2.24, 2.45) is 5.41 Å². The Kier molecular flexibility index (Phi) is 5.62. The Morgan fingerprint density at radius 1 is 1.07 bits per heavy atom. The highest BCUT2D eigenvalue weighted by atomic mass is 16.5. The summed E-state index contributed by atoms with van der Waals surface area (Å²) in [5.74, 6) is -0.0109. The lowest BCUT2D eigenvalue weighted by Crippen LogP contribution is -2.45. The molecule has 2 fully saturated rings. The maximum Gasteiger partial charge on any atom is 0.259 e. The molecule has 0 bridgehead atoms. The van der Waals surface area contributed by atoms with E-state index in [1.165, 1.54) is 43.8 Å². The first-order chi connectivity index (χ1) is 13.6.